The van der Waals surface area contributed by atoms with E-state index in [1.54, 1.807) is 0 Å². The highest BCUT2D eigenvalue weighted by molar-refractivity contribution is 4.67. The Bertz CT molecular complexity index is 108. The van der Waals surface area contributed by atoms with Gasteiger partial charge in [0.1, 0.15) is 6.23 Å². The molecular formula is C8H19NO3. The molecule has 0 saturated carbocycles. The van der Waals surface area contributed by atoms with Crippen molar-refractivity contribution in [1.29, 1.82) is 0 Å². The Labute approximate surface area is 73.0 Å². The van der Waals surface area contributed by atoms with Crippen LogP contribution in [0.15, 0.2) is 0 Å². The highest BCUT2D eigenvalue weighted by Crippen LogP contribution is 2.14. The average Bonchev–Trinajstić information content (AvgIpc) is 2.00. The van der Waals surface area contributed by atoms with E-state index in [1.807, 2.05) is 6.92 Å². The molecule has 0 radical (unpaired) electrons. The Morgan fingerprint density at radius 3 is 2.25 bits per heavy atom. The molecule has 0 aromatic heterocycles. The summed E-state index contributed by atoms with van der Waals surface area (Å²) in [5, 5.41) is 26.8. The summed E-state index contributed by atoms with van der Waals surface area (Å²) in [5.74, 6) is -0.0773. The Morgan fingerprint density at radius 2 is 1.92 bits per heavy atom. The number of hydrogen-bond acceptors (Lipinski definition) is 4. The zero-order chi connectivity index (χ0) is 9.56. The van der Waals surface area contributed by atoms with E-state index in [2.05, 4.69) is 0 Å². The summed E-state index contributed by atoms with van der Waals surface area (Å²) in [6.45, 7) is 1.88. The fraction of sp³-hybridized carbons (Fsp3) is 1.00. The first kappa shape index (κ1) is 11.8. The predicted octanol–water partition coefficient (Wildman–Crippen LogP) is -0.577. The fourth-order valence-corrected chi connectivity index (χ4v) is 1.16. The SMILES string of the molecule is CCC(CC(O)CCO)C(N)O. The second-order valence-corrected chi connectivity index (χ2v) is 3.06. The summed E-state index contributed by atoms with van der Waals surface area (Å²) in [6.07, 6.45) is 0.111. The van der Waals surface area contributed by atoms with Crippen LogP contribution in [0.2, 0.25) is 0 Å². The highest BCUT2D eigenvalue weighted by Gasteiger charge is 2.17. The Hall–Kier alpha value is -0.160. The van der Waals surface area contributed by atoms with E-state index < -0.39 is 12.3 Å². The molecule has 5 N–H and O–H groups in total. The van der Waals surface area contributed by atoms with E-state index in [0.717, 1.165) is 6.42 Å². The van der Waals surface area contributed by atoms with Crippen LogP contribution in [0.5, 0.6) is 0 Å². The number of aliphatic hydroxyl groups is 3. The molecule has 0 rings (SSSR count). The minimum absolute atomic E-state index is 0.0295. The van der Waals surface area contributed by atoms with Crippen LogP contribution in [0.3, 0.4) is 0 Å². The Balaban J connectivity index is 3.69. The molecule has 74 valence electrons. The third kappa shape index (κ3) is 4.66. The lowest BCUT2D eigenvalue weighted by Gasteiger charge is -2.20. The molecule has 0 aliphatic carbocycles. The van der Waals surface area contributed by atoms with Crippen molar-refractivity contribution in [3.63, 3.8) is 0 Å². The van der Waals surface area contributed by atoms with Gasteiger partial charge in [-0.3, -0.25) is 0 Å². The summed E-state index contributed by atoms with van der Waals surface area (Å²) in [4.78, 5) is 0. The van der Waals surface area contributed by atoms with Crippen LogP contribution >= 0.6 is 0 Å². The van der Waals surface area contributed by atoms with E-state index >= 15 is 0 Å². The van der Waals surface area contributed by atoms with E-state index in [1.165, 1.54) is 0 Å². The summed E-state index contributed by atoms with van der Waals surface area (Å²) in [7, 11) is 0. The molecule has 12 heavy (non-hydrogen) atoms. The molecule has 0 amide bonds. The van der Waals surface area contributed by atoms with Crippen LogP contribution < -0.4 is 5.73 Å². The second kappa shape index (κ2) is 6.37. The molecule has 0 aromatic rings. The largest absolute Gasteiger partial charge is 0.396 e. The van der Waals surface area contributed by atoms with Gasteiger partial charge in [-0.2, -0.15) is 0 Å². The highest BCUT2D eigenvalue weighted by atomic mass is 16.3. The molecule has 0 saturated heterocycles. The molecule has 0 aliphatic heterocycles. The van der Waals surface area contributed by atoms with Gasteiger partial charge in [0.05, 0.1) is 6.10 Å². The zero-order valence-electron chi connectivity index (χ0n) is 7.48. The van der Waals surface area contributed by atoms with E-state index in [0.29, 0.717) is 12.8 Å². The van der Waals surface area contributed by atoms with Gasteiger partial charge in [0.2, 0.25) is 0 Å². The maximum atomic E-state index is 9.27. The third-order valence-electron chi connectivity index (χ3n) is 2.04. The van der Waals surface area contributed by atoms with Crippen molar-refractivity contribution in [3.05, 3.63) is 0 Å². The van der Waals surface area contributed by atoms with Crippen molar-refractivity contribution >= 4 is 0 Å². The first-order valence-electron chi connectivity index (χ1n) is 4.34. The molecule has 0 aromatic carbocycles. The monoisotopic (exact) mass is 177 g/mol. The van der Waals surface area contributed by atoms with Gasteiger partial charge in [0, 0.05) is 12.5 Å². The minimum atomic E-state index is -0.872. The van der Waals surface area contributed by atoms with Gasteiger partial charge in [-0.25, -0.2) is 0 Å². The van der Waals surface area contributed by atoms with Gasteiger partial charge in [0.15, 0.2) is 0 Å². The van der Waals surface area contributed by atoms with E-state index in [9.17, 15) is 5.11 Å². The van der Waals surface area contributed by atoms with E-state index in [4.69, 9.17) is 15.9 Å². The lowest BCUT2D eigenvalue weighted by atomic mass is 9.96. The average molecular weight is 177 g/mol. The molecule has 0 fully saturated rings. The van der Waals surface area contributed by atoms with Gasteiger partial charge in [-0.05, 0) is 19.3 Å². The van der Waals surface area contributed by atoms with Crippen LogP contribution in [0.25, 0.3) is 0 Å². The molecule has 3 atom stereocenters. The maximum absolute atomic E-state index is 9.27. The van der Waals surface area contributed by atoms with Crippen LogP contribution in [-0.4, -0.2) is 34.3 Å². The third-order valence-corrected chi connectivity index (χ3v) is 2.04. The molecule has 0 aliphatic rings. The van der Waals surface area contributed by atoms with Crippen molar-refractivity contribution in [3.8, 4) is 0 Å². The number of rotatable bonds is 6. The lowest BCUT2D eigenvalue weighted by molar-refractivity contribution is 0.0520. The first-order chi connectivity index (χ1) is 5.61. The minimum Gasteiger partial charge on any atom is -0.396 e. The topological polar surface area (TPSA) is 86.7 Å². The van der Waals surface area contributed by atoms with Crippen molar-refractivity contribution in [2.45, 2.75) is 38.5 Å². The van der Waals surface area contributed by atoms with Crippen molar-refractivity contribution in [2.24, 2.45) is 11.7 Å². The smallest absolute Gasteiger partial charge is 0.105 e. The van der Waals surface area contributed by atoms with Gasteiger partial charge in [-0.1, -0.05) is 6.92 Å². The zero-order valence-corrected chi connectivity index (χ0v) is 7.48. The molecule has 0 bridgehead atoms. The second-order valence-electron chi connectivity index (χ2n) is 3.06. The molecule has 0 spiro atoms. The van der Waals surface area contributed by atoms with Crippen LogP contribution in [0.4, 0.5) is 0 Å². The Morgan fingerprint density at radius 1 is 1.33 bits per heavy atom. The Kier molecular flexibility index (Phi) is 6.28. The normalized spacial score (nSPS) is 18.8. The molecule has 4 heteroatoms. The van der Waals surface area contributed by atoms with Gasteiger partial charge < -0.3 is 21.1 Å². The number of nitrogens with two attached hydrogens (primary N) is 1. The summed E-state index contributed by atoms with van der Waals surface area (Å²) < 4.78 is 0. The number of aliphatic hydroxyl groups excluding tert-OH is 3. The molecule has 3 unspecified atom stereocenters. The van der Waals surface area contributed by atoms with Crippen molar-refractivity contribution in [2.75, 3.05) is 6.61 Å². The van der Waals surface area contributed by atoms with Crippen LogP contribution in [-0.2, 0) is 0 Å². The van der Waals surface area contributed by atoms with Crippen LogP contribution in [0, 0.1) is 5.92 Å². The lowest BCUT2D eigenvalue weighted by Crippen LogP contribution is -2.32. The first-order valence-corrected chi connectivity index (χ1v) is 4.34. The standard InChI is InChI=1S/C8H19NO3/c1-2-6(8(9)12)5-7(11)3-4-10/h6-8,10-12H,2-5,9H2,1H3. The molecular weight excluding hydrogens is 158 g/mol. The van der Waals surface area contributed by atoms with Crippen molar-refractivity contribution < 1.29 is 15.3 Å². The predicted molar refractivity (Wildman–Crippen MR) is 46.3 cm³/mol. The quantitative estimate of drug-likeness (QED) is 0.409. The summed E-state index contributed by atoms with van der Waals surface area (Å²) >= 11 is 0. The summed E-state index contributed by atoms with van der Waals surface area (Å²) in [6, 6.07) is 0. The van der Waals surface area contributed by atoms with E-state index in [-0.39, 0.29) is 12.5 Å². The maximum Gasteiger partial charge on any atom is 0.105 e. The fourth-order valence-electron chi connectivity index (χ4n) is 1.16. The van der Waals surface area contributed by atoms with Crippen molar-refractivity contribution in [1.82, 2.24) is 0 Å². The van der Waals surface area contributed by atoms with Gasteiger partial charge >= 0.3 is 0 Å². The summed E-state index contributed by atoms with van der Waals surface area (Å²) in [5.41, 5.74) is 5.27. The van der Waals surface area contributed by atoms with Crippen LogP contribution in [0.1, 0.15) is 26.2 Å². The molecule has 0 heterocycles. The van der Waals surface area contributed by atoms with Gasteiger partial charge in [0.25, 0.3) is 0 Å². The number of hydrogen-bond donors (Lipinski definition) is 4. The van der Waals surface area contributed by atoms with Gasteiger partial charge in [-0.15, -0.1) is 0 Å². The molecule has 4 nitrogen and oxygen atoms in total.